The third kappa shape index (κ3) is 2.66. The van der Waals surface area contributed by atoms with Gasteiger partial charge in [0.05, 0.1) is 4.92 Å². The number of rotatable bonds is 4. The molecule has 2 heterocycles. The summed E-state index contributed by atoms with van der Waals surface area (Å²) in [5.41, 5.74) is 0.0181. The van der Waals surface area contributed by atoms with Gasteiger partial charge in [-0.1, -0.05) is 0 Å². The lowest BCUT2D eigenvalue weighted by molar-refractivity contribution is -0.385. The molecule has 0 unspecified atom stereocenters. The number of anilines is 1. The Labute approximate surface area is 93.2 Å². The molecule has 1 aromatic heterocycles. The number of hydrogen-bond donors (Lipinski definition) is 2. The lowest BCUT2D eigenvalue weighted by atomic mass is 10.2. The van der Waals surface area contributed by atoms with Gasteiger partial charge in [-0.25, -0.2) is 4.98 Å². The molecule has 0 spiro atoms. The fraction of sp³-hybridized carbons (Fsp3) is 0.500. The maximum atomic E-state index is 10.4. The van der Waals surface area contributed by atoms with E-state index in [4.69, 9.17) is 0 Å². The Morgan fingerprint density at radius 1 is 1.62 bits per heavy atom. The minimum Gasteiger partial charge on any atom is -0.369 e. The highest BCUT2D eigenvalue weighted by Gasteiger charge is 2.13. The Hall–Kier alpha value is -1.69. The SMILES string of the molecule is O=[N+]([O-])c1ccc(NC[C@@H]2CCCN2)nc1. The van der Waals surface area contributed by atoms with Gasteiger partial charge in [0.1, 0.15) is 12.0 Å². The third-order valence-electron chi connectivity index (χ3n) is 2.65. The van der Waals surface area contributed by atoms with E-state index in [1.165, 1.54) is 25.1 Å². The molecule has 1 aliphatic heterocycles. The standard InChI is InChI=1S/C10H14N4O2/c15-14(16)9-3-4-10(13-7-9)12-6-8-2-1-5-11-8/h3-4,7-8,11H,1-2,5-6H2,(H,12,13)/t8-/m0/s1. The summed E-state index contributed by atoms with van der Waals surface area (Å²) in [6, 6.07) is 3.57. The fourth-order valence-corrected chi connectivity index (χ4v) is 1.76. The molecule has 0 aliphatic carbocycles. The van der Waals surface area contributed by atoms with E-state index in [2.05, 4.69) is 15.6 Å². The first-order valence-electron chi connectivity index (χ1n) is 5.33. The second-order valence-electron chi connectivity index (χ2n) is 3.83. The molecule has 1 atom stereocenters. The molecule has 2 rings (SSSR count). The van der Waals surface area contributed by atoms with Crippen LogP contribution in [0.4, 0.5) is 11.5 Å². The topological polar surface area (TPSA) is 80.1 Å². The van der Waals surface area contributed by atoms with E-state index in [0.717, 1.165) is 13.1 Å². The molecule has 0 aromatic carbocycles. The van der Waals surface area contributed by atoms with Crippen LogP contribution >= 0.6 is 0 Å². The maximum Gasteiger partial charge on any atom is 0.287 e. The molecule has 1 aliphatic rings. The van der Waals surface area contributed by atoms with Crippen LogP contribution in [0.25, 0.3) is 0 Å². The molecule has 0 amide bonds. The molecule has 86 valence electrons. The Morgan fingerprint density at radius 3 is 3.06 bits per heavy atom. The number of pyridine rings is 1. The zero-order valence-electron chi connectivity index (χ0n) is 8.85. The quantitative estimate of drug-likeness (QED) is 0.590. The summed E-state index contributed by atoms with van der Waals surface area (Å²) in [6.07, 6.45) is 3.64. The largest absolute Gasteiger partial charge is 0.369 e. The highest BCUT2D eigenvalue weighted by atomic mass is 16.6. The molecule has 0 radical (unpaired) electrons. The average molecular weight is 222 g/mol. The normalized spacial score (nSPS) is 19.6. The number of aromatic nitrogens is 1. The first kappa shape index (κ1) is 10.8. The molecule has 16 heavy (non-hydrogen) atoms. The highest BCUT2D eigenvalue weighted by Crippen LogP contribution is 2.12. The Balaban J connectivity index is 1.87. The molecule has 0 bridgehead atoms. The van der Waals surface area contributed by atoms with E-state index in [1.54, 1.807) is 6.07 Å². The average Bonchev–Trinajstić information content (AvgIpc) is 2.80. The van der Waals surface area contributed by atoms with Crippen molar-refractivity contribution in [2.45, 2.75) is 18.9 Å². The van der Waals surface area contributed by atoms with Crippen LogP contribution in [0.1, 0.15) is 12.8 Å². The minimum atomic E-state index is -0.449. The molecule has 2 N–H and O–H groups in total. The van der Waals surface area contributed by atoms with Gasteiger partial charge in [-0.05, 0) is 25.5 Å². The van der Waals surface area contributed by atoms with Gasteiger partial charge in [0.15, 0.2) is 0 Å². The van der Waals surface area contributed by atoms with Crippen LogP contribution in [0.15, 0.2) is 18.3 Å². The lowest BCUT2D eigenvalue weighted by Crippen LogP contribution is -2.29. The fourth-order valence-electron chi connectivity index (χ4n) is 1.76. The van der Waals surface area contributed by atoms with Gasteiger partial charge in [0, 0.05) is 18.7 Å². The van der Waals surface area contributed by atoms with Gasteiger partial charge in [-0.2, -0.15) is 0 Å². The van der Waals surface area contributed by atoms with E-state index >= 15 is 0 Å². The molecule has 1 aromatic rings. The predicted octanol–water partition coefficient (Wildman–Crippen LogP) is 1.15. The highest BCUT2D eigenvalue weighted by molar-refractivity contribution is 5.40. The summed E-state index contributed by atoms with van der Waals surface area (Å²) in [4.78, 5) is 13.9. The van der Waals surface area contributed by atoms with E-state index in [0.29, 0.717) is 11.9 Å². The van der Waals surface area contributed by atoms with Gasteiger partial charge in [-0.15, -0.1) is 0 Å². The lowest BCUT2D eigenvalue weighted by Gasteiger charge is -2.11. The van der Waals surface area contributed by atoms with E-state index < -0.39 is 4.92 Å². The number of hydrogen-bond acceptors (Lipinski definition) is 5. The first-order chi connectivity index (χ1) is 7.75. The minimum absolute atomic E-state index is 0.0181. The summed E-state index contributed by atoms with van der Waals surface area (Å²) < 4.78 is 0. The van der Waals surface area contributed by atoms with Crippen molar-refractivity contribution < 1.29 is 4.92 Å². The molecule has 6 heteroatoms. The van der Waals surface area contributed by atoms with Crippen molar-refractivity contribution in [1.82, 2.24) is 10.3 Å². The van der Waals surface area contributed by atoms with Gasteiger partial charge in [0.2, 0.25) is 0 Å². The van der Waals surface area contributed by atoms with Crippen molar-refractivity contribution in [3.8, 4) is 0 Å². The second kappa shape index (κ2) is 4.89. The van der Waals surface area contributed by atoms with Crippen molar-refractivity contribution >= 4 is 11.5 Å². The van der Waals surface area contributed by atoms with Crippen LogP contribution in [0, 0.1) is 10.1 Å². The summed E-state index contributed by atoms with van der Waals surface area (Å²) in [5, 5.41) is 16.9. The number of nitro groups is 1. The van der Waals surface area contributed by atoms with Crippen LogP contribution in [-0.4, -0.2) is 29.0 Å². The monoisotopic (exact) mass is 222 g/mol. The summed E-state index contributed by atoms with van der Waals surface area (Å²) in [6.45, 7) is 1.88. The summed E-state index contributed by atoms with van der Waals surface area (Å²) in [5.74, 6) is 0.680. The van der Waals surface area contributed by atoms with Crippen LogP contribution in [0.2, 0.25) is 0 Å². The molecule has 1 fully saturated rings. The van der Waals surface area contributed by atoms with Crippen molar-refractivity contribution in [3.05, 3.63) is 28.4 Å². The maximum absolute atomic E-state index is 10.4. The van der Waals surface area contributed by atoms with E-state index in [-0.39, 0.29) is 5.69 Å². The zero-order chi connectivity index (χ0) is 11.4. The molecular formula is C10H14N4O2. The molecule has 0 saturated carbocycles. The van der Waals surface area contributed by atoms with Gasteiger partial charge in [0.25, 0.3) is 5.69 Å². The van der Waals surface area contributed by atoms with Crippen LogP contribution in [0.5, 0.6) is 0 Å². The van der Waals surface area contributed by atoms with Crippen molar-refractivity contribution in [2.75, 3.05) is 18.4 Å². The molecule has 6 nitrogen and oxygen atoms in total. The van der Waals surface area contributed by atoms with Gasteiger partial charge in [-0.3, -0.25) is 10.1 Å². The number of nitrogens with one attached hydrogen (secondary N) is 2. The molecule has 1 saturated heterocycles. The van der Waals surface area contributed by atoms with Crippen LogP contribution < -0.4 is 10.6 Å². The Bertz CT molecular complexity index is 360. The smallest absolute Gasteiger partial charge is 0.287 e. The van der Waals surface area contributed by atoms with E-state index in [1.807, 2.05) is 0 Å². The van der Waals surface area contributed by atoms with Crippen LogP contribution in [0.3, 0.4) is 0 Å². The van der Waals surface area contributed by atoms with Crippen molar-refractivity contribution in [1.29, 1.82) is 0 Å². The summed E-state index contributed by atoms with van der Waals surface area (Å²) in [7, 11) is 0. The zero-order valence-corrected chi connectivity index (χ0v) is 8.85. The Kier molecular flexibility index (Phi) is 3.31. The summed E-state index contributed by atoms with van der Waals surface area (Å²) >= 11 is 0. The van der Waals surface area contributed by atoms with Gasteiger partial charge >= 0.3 is 0 Å². The second-order valence-corrected chi connectivity index (χ2v) is 3.83. The van der Waals surface area contributed by atoms with Crippen molar-refractivity contribution in [3.63, 3.8) is 0 Å². The third-order valence-corrected chi connectivity index (χ3v) is 2.65. The van der Waals surface area contributed by atoms with Crippen molar-refractivity contribution in [2.24, 2.45) is 0 Å². The first-order valence-corrected chi connectivity index (χ1v) is 5.33. The number of nitrogens with zero attached hydrogens (tertiary/aromatic N) is 2. The Morgan fingerprint density at radius 2 is 2.50 bits per heavy atom. The van der Waals surface area contributed by atoms with E-state index in [9.17, 15) is 10.1 Å². The molecular weight excluding hydrogens is 208 g/mol. The predicted molar refractivity (Wildman–Crippen MR) is 60.4 cm³/mol. The van der Waals surface area contributed by atoms with Crippen LogP contribution in [-0.2, 0) is 0 Å². The van der Waals surface area contributed by atoms with Gasteiger partial charge < -0.3 is 10.6 Å².